The highest BCUT2D eigenvalue weighted by atomic mass is 16.7. The minimum atomic E-state index is -0.734. The number of para-hydroxylation sites is 1. The second-order valence-electron chi connectivity index (χ2n) is 12.2. The Balaban J connectivity index is 1.35. The van der Waals surface area contributed by atoms with Gasteiger partial charge < -0.3 is 19.4 Å². The van der Waals surface area contributed by atoms with Gasteiger partial charge in [-0.25, -0.2) is 9.78 Å². The number of aryl methyl sites for hydroxylation is 1. The van der Waals surface area contributed by atoms with Crippen molar-refractivity contribution in [3.8, 4) is 16.9 Å². The van der Waals surface area contributed by atoms with E-state index < -0.39 is 11.8 Å². The summed E-state index contributed by atoms with van der Waals surface area (Å²) in [7, 11) is 0. The number of carbonyl (C=O) groups is 2. The number of aromatic nitrogens is 2. The van der Waals surface area contributed by atoms with Crippen molar-refractivity contribution in [2.75, 3.05) is 6.54 Å². The van der Waals surface area contributed by atoms with E-state index in [1.54, 1.807) is 26.8 Å². The third-order valence-electron chi connectivity index (χ3n) is 7.46. The van der Waals surface area contributed by atoms with Crippen LogP contribution in [0.25, 0.3) is 22.2 Å². The molecular formula is C38H41N3O4. The van der Waals surface area contributed by atoms with Crippen LogP contribution in [-0.2, 0) is 24.1 Å². The molecule has 1 amide bonds. The van der Waals surface area contributed by atoms with Crippen molar-refractivity contribution in [1.82, 2.24) is 14.9 Å². The Kier molecular flexibility index (Phi) is 9.98. The number of hydrogen-bond acceptors (Lipinski definition) is 5. The Morgan fingerprint density at radius 2 is 1.58 bits per heavy atom. The third kappa shape index (κ3) is 8.38. The molecule has 1 heterocycles. The van der Waals surface area contributed by atoms with Crippen LogP contribution in [0.15, 0.2) is 97.1 Å². The summed E-state index contributed by atoms with van der Waals surface area (Å²) in [6, 6.07) is 31.5. The van der Waals surface area contributed by atoms with Crippen molar-refractivity contribution >= 4 is 23.1 Å². The van der Waals surface area contributed by atoms with Gasteiger partial charge in [-0.3, -0.25) is 4.79 Å². The molecule has 0 saturated heterocycles. The van der Waals surface area contributed by atoms with Crippen LogP contribution in [0.1, 0.15) is 67.8 Å². The molecule has 0 saturated carbocycles. The number of benzene rings is 4. The molecule has 7 nitrogen and oxygen atoms in total. The SMILES string of the molecule is CCCCc1nc2ccc(C(=O)NCCc3ccccc3)cc2n1Cc1ccc(-c2ccccc2OC(=O)OC(C)(C)C)cc1. The molecule has 0 bridgehead atoms. The summed E-state index contributed by atoms with van der Waals surface area (Å²) < 4.78 is 13.1. The molecule has 0 aliphatic rings. The van der Waals surface area contributed by atoms with Gasteiger partial charge in [0.15, 0.2) is 0 Å². The highest BCUT2D eigenvalue weighted by Gasteiger charge is 2.20. The molecule has 1 aromatic heterocycles. The number of rotatable bonds is 11. The topological polar surface area (TPSA) is 82.5 Å². The molecule has 4 aromatic carbocycles. The number of unbranched alkanes of at least 4 members (excludes halogenated alkanes) is 1. The van der Waals surface area contributed by atoms with Crippen molar-refractivity contribution in [2.45, 2.75) is 65.5 Å². The maximum absolute atomic E-state index is 13.1. The van der Waals surface area contributed by atoms with E-state index in [9.17, 15) is 9.59 Å². The zero-order chi connectivity index (χ0) is 31.8. The number of hydrogen-bond donors (Lipinski definition) is 1. The molecule has 0 aliphatic heterocycles. The Labute approximate surface area is 265 Å². The first-order valence-electron chi connectivity index (χ1n) is 15.6. The van der Waals surface area contributed by atoms with Gasteiger partial charge in [-0.15, -0.1) is 0 Å². The van der Waals surface area contributed by atoms with E-state index in [2.05, 4.69) is 41.1 Å². The van der Waals surface area contributed by atoms with Crippen LogP contribution in [0, 0.1) is 0 Å². The molecular weight excluding hydrogens is 562 g/mol. The zero-order valence-electron chi connectivity index (χ0n) is 26.5. The number of amides is 1. The van der Waals surface area contributed by atoms with Crippen molar-refractivity contribution in [1.29, 1.82) is 0 Å². The zero-order valence-corrected chi connectivity index (χ0v) is 26.5. The van der Waals surface area contributed by atoms with Crippen LogP contribution in [0.2, 0.25) is 0 Å². The fraction of sp³-hybridized carbons (Fsp3) is 0.289. The van der Waals surface area contributed by atoms with Gasteiger partial charge in [0.1, 0.15) is 17.2 Å². The second-order valence-corrected chi connectivity index (χ2v) is 12.2. The molecule has 232 valence electrons. The summed E-state index contributed by atoms with van der Waals surface area (Å²) in [6.45, 7) is 8.77. The van der Waals surface area contributed by atoms with Gasteiger partial charge in [-0.1, -0.05) is 86.1 Å². The van der Waals surface area contributed by atoms with Crippen LogP contribution in [0.4, 0.5) is 4.79 Å². The van der Waals surface area contributed by atoms with Gasteiger partial charge in [-0.2, -0.15) is 0 Å². The van der Waals surface area contributed by atoms with Gasteiger partial charge in [0.2, 0.25) is 0 Å². The Bertz CT molecular complexity index is 1750. The molecule has 1 N–H and O–H groups in total. The van der Waals surface area contributed by atoms with Crippen molar-refractivity contribution in [3.63, 3.8) is 0 Å². The molecule has 0 fully saturated rings. The Morgan fingerprint density at radius 1 is 0.844 bits per heavy atom. The highest BCUT2D eigenvalue weighted by Crippen LogP contribution is 2.31. The summed E-state index contributed by atoms with van der Waals surface area (Å²) in [5.74, 6) is 1.36. The molecule has 0 unspecified atom stereocenters. The lowest BCUT2D eigenvalue weighted by atomic mass is 10.0. The molecule has 0 atom stereocenters. The maximum atomic E-state index is 13.1. The van der Waals surface area contributed by atoms with Crippen LogP contribution in [0.3, 0.4) is 0 Å². The smallest absolute Gasteiger partial charge is 0.428 e. The van der Waals surface area contributed by atoms with Crippen LogP contribution < -0.4 is 10.1 Å². The monoisotopic (exact) mass is 603 g/mol. The number of nitrogens with zero attached hydrogens (tertiary/aromatic N) is 2. The first-order valence-corrected chi connectivity index (χ1v) is 15.6. The second kappa shape index (κ2) is 14.2. The van der Waals surface area contributed by atoms with Gasteiger partial charge in [0.05, 0.1) is 11.0 Å². The fourth-order valence-electron chi connectivity index (χ4n) is 5.21. The largest absolute Gasteiger partial charge is 0.514 e. The van der Waals surface area contributed by atoms with Crippen molar-refractivity contribution in [3.05, 3.63) is 120 Å². The fourth-order valence-corrected chi connectivity index (χ4v) is 5.21. The molecule has 0 aliphatic carbocycles. The van der Waals surface area contributed by atoms with Gasteiger partial charge in [-0.05, 0) is 74.6 Å². The minimum absolute atomic E-state index is 0.0905. The Morgan fingerprint density at radius 3 is 2.31 bits per heavy atom. The predicted molar refractivity (Wildman–Crippen MR) is 179 cm³/mol. The first-order chi connectivity index (χ1) is 21.7. The number of fused-ring (bicyclic) bond motifs is 1. The lowest BCUT2D eigenvalue weighted by Crippen LogP contribution is -2.26. The van der Waals surface area contributed by atoms with E-state index in [4.69, 9.17) is 14.5 Å². The molecule has 45 heavy (non-hydrogen) atoms. The standard InChI is InChI=1S/C38H41N3O4/c1-5-6-16-35-40-32-22-21-30(36(42)39-24-23-27-12-8-7-9-13-27)25-33(32)41(35)26-28-17-19-29(20-18-28)31-14-10-11-15-34(31)44-37(43)45-38(2,3)4/h7-15,17-22,25H,5-6,16,23-24,26H2,1-4H3,(H,39,42). The lowest BCUT2D eigenvalue weighted by Gasteiger charge is -2.19. The maximum Gasteiger partial charge on any atom is 0.514 e. The highest BCUT2D eigenvalue weighted by molar-refractivity contribution is 5.97. The molecule has 7 heteroatoms. The van der Waals surface area contributed by atoms with Crippen LogP contribution in [-0.4, -0.2) is 33.8 Å². The number of carbonyl (C=O) groups excluding carboxylic acids is 2. The normalized spacial score (nSPS) is 11.4. The van der Waals surface area contributed by atoms with E-state index in [0.717, 1.165) is 59.2 Å². The van der Waals surface area contributed by atoms with Gasteiger partial charge in [0.25, 0.3) is 5.91 Å². The summed E-state index contributed by atoms with van der Waals surface area (Å²) >= 11 is 0. The average Bonchev–Trinajstić information content (AvgIpc) is 3.36. The Hall–Kier alpha value is -4.91. The molecule has 0 spiro atoms. The van der Waals surface area contributed by atoms with E-state index in [-0.39, 0.29) is 5.91 Å². The van der Waals surface area contributed by atoms with Gasteiger partial charge >= 0.3 is 6.16 Å². The minimum Gasteiger partial charge on any atom is -0.428 e. The van der Waals surface area contributed by atoms with E-state index in [1.807, 2.05) is 66.7 Å². The number of imidazole rings is 1. The van der Waals surface area contributed by atoms with Crippen molar-refractivity contribution < 1.29 is 19.1 Å². The quantitative estimate of drug-likeness (QED) is 0.121. The summed E-state index contributed by atoms with van der Waals surface area (Å²) in [5, 5.41) is 3.06. The summed E-state index contributed by atoms with van der Waals surface area (Å²) in [5.41, 5.74) is 5.81. The van der Waals surface area contributed by atoms with Crippen LogP contribution >= 0.6 is 0 Å². The van der Waals surface area contributed by atoms with E-state index >= 15 is 0 Å². The summed E-state index contributed by atoms with van der Waals surface area (Å²) in [4.78, 5) is 30.4. The molecule has 5 rings (SSSR count). The predicted octanol–water partition coefficient (Wildman–Crippen LogP) is 8.38. The number of nitrogens with one attached hydrogen (secondary N) is 1. The van der Waals surface area contributed by atoms with Crippen LogP contribution in [0.5, 0.6) is 5.75 Å². The number of ether oxygens (including phenoxy) is 2. The van der Waals surface area contributed by atoms with E-state index in [1.165, 1.54) is 5.56 Å². The molecule has 0 radical (unpaired) electrons. The lowest BCUT2D eigenvalue weighted by molar-refractivity contribution is 0.0207. The summed E-state index contributed by atoms with van der Waals surface area (Å²) in [6.07, 6.45) is 3.00. The average molecular weight is 604 g/mol. The first kappa shape index (κ1) is 31.5. The van der Waals surface area contributed by atoms with Gasteiger partial charge in [0, 0.05) is 30.6 Å². The van der Waals surface area contributed by atoms with Crippen molar-refractivity contribution in [2.24, 2.45) is 0 Å². The molecule has 5 aromatic rings. The third-order valence-corrected chi connectivity index (χ3v) is 7.46. The van der Waals surface area contributed by atoms with E-state index in [0.29, 0.717) is 24.4 Å².